The van der Waals surface area contributed by atoms with Crippen LogP contribution in [0, 0.1) is 0 Å². The predicted molar refractivity (Wildman–Crippen MR) is 78.0 cm³/mol. The van der Waals surface area contributed by atoms with Gasteiger partial charge in [-0.3, -0.25) is 0 Å². The zero-order chi connectivity index (χ0) is 13.8. The van der Waals surface area contributed by atoms with Gasteiger partial charge in [0.1, 0.15) is 5.01 Å². The van der Waals surface area contributed by atoms with Gasteiger partial charge in [-0.1, -0.05) is 30.2 Å². The smallest absolute Gasteiger partial charge is 0.248 e. The Morgan fingerprint density at radius 2 is 2.10 bits per heavy atom. The van der Waals surface area contributed by atoms with Crippen LogP contribution in [0.15, 0.2) is 36.5 Å². The first-order valence-corrected chi connectivity index (χ1v) is 7.19. The van der Waals surface area contributed by atoms with E-state index < -0.39 is 0 Å². The van der Waals surface area contributed by atoms with Crippen LogP contribution in [0.2, 0.25) is 0 Å². The van der Waals surface area contributed by atoms with Gasteiger partial charge in [0.05, 0.1) is 12.2 Å². The number of hydrogen-bond donors (Lipinski definition) is 1. The van der Waals surface area contributed by atoms with Crippen molar-refractivity contribution in [2.24, 2.45) is 0 Å². The van der Waals surface area contributed by atoms with Crippen LogP contribution in [-0.2, 0) is 13.0 Å². The molecule has 1 aromatic carbocycles. The van der Waals surface area contributed by atoms with E-state index in [9.17, 15) is 0 Å². The summed E-state index contributed by atoms with van der Waals surface area (Å²) in [7, 11) is 0. The molecule has 7 heteroatoms. The largest absolute Gasteiger partial charge is 0.346 e. The fraction of sp³-hybridized carbons (Fsp3) is 0.231. The summed E-state index contributed by atoms with van der Waals surface area (Å²) in [6.07, 6.45) is 2.93. The number of para-hydroxylation sites is 1. The SMILES string of the molecule is CCc1cnc(CNc2nnnn2-c2ccccc2)s1. The molecule has 0 saturated carbocycles. The van der Waals surface area contributed by atoms with Crippen LogP contribution in [-0.4, -0.2) is 25.2 Å². The molecule has 0 unspecified atom stereocenters. The Morgan fingerprint density at radius 3 is 2.85 bits per heavy atom. The maximum Gasteiger partial charge on any atom is 0.248 e. The molecule has 0 radical (unpaired) electrons. The van der Waals surface area contributed by atoms with E-state index in [1.165, 1.54) is 4.88 Å². The minimum atomic E-state index is 0.615. The normalized spacial score (nSPS) is 10.7. The molecule has 1 N–H and O–H groups in total. The molecule has 0 spiro atoms. The summed E-state index contributed by atoms with van der Waals surface area (Å²) >= 11 is 1.70. The highest BCUT2D eigenvalue weighted by Crippen LogP contribution is 2.16. The number of rotatable bonds is 5. The van der Waals surface area contributed by atoms with Crippen molar-refractivity contribution in [1.29, 1.82) is 0 Å². The summed E-state index contributed by atoms with van der Waals surface area (Å²) in [6, 6.07) is 9.79. The monoisotopic (exact) mass is 286 g/mol. The summed E-state index contributed by atoms with van der Waals surface area (Å²) in [6.45, 7) is 2.75. The Kier molecular flexibility index (Phi) is 3.69. The second-order valence-corrected chi connectivity index (χ2v) is 5.38. The van der Waals surface area contributed by atoms with Gasteiger partial charge in [-0.05, 0) is 29.0 Å². The number of benzene rings is 1. The second kappa shape index (κ2) is 5.79. The zero-order valence-corrected chi connectivity index (χ0v) is 11.8. The number of tetrazole rings is 1. The fourth-order valence-corrected chi connectivity index (χ4v) is 2.59. The van der Waals surface area contributed by atoms with Gasteiger partial charge < -0.3 is 5.32 Å². The molecule has 0 aliphatic heterocycles. The molecule has 0 fully saturated rings. The topological polar surface area (TPSA) is 68.5 Å². The third-order valence-electron chi connectivity index (χ3n) is 2.82. The molecule has 2 heterocycles. The number of nitrogens with one attached hydrogen (secondary N) is 1. The van der Waals surface area contributed by atoms with E-state index in [0.29, 0.717) is 12.5 Å². The molecule has 0 atom stereocenters. The van der Waals surface area contributed by atoms with E-state index in [1.807, 2.05) is 36.5 Å². The number of aromatic nitrogens is 5. The Labute approximate surface area is 120 Å². The highest BCUT2D eigenvalue weighted by Gasteiger charge is 2.08. The number of nitrogens with zero attached hydrogens (tertiary/aromatic N) is 5. The lowest BCUT2D eigenvalue weighted by Crippen LogP contribution is -2.07. The number of hydrogen-bond acceptors (Lipinski definition) is 6. The van der Waals surface area contributed by atoms with Gasteiger partial charge in [-0.25, -0.2) is 4.98 Å². The quantitative estimate of drug-likeness (QED) is 0.779. The van der Waals surface area contributed by atoms with E-state index in [1.54, 1.807) is 16.0 Å². The van der Waals surface area contributed by atoms with Crippen molar-refractivity contribution in [2.45, 2.75) is 19.9 Å². The van der Waals surface area contributed by atoms with Crippen LogP contribution >= 0.6 is 11.3 Å². The molecule has 6 nitrogen and oxygen atoms in total. The first kappa shape index (κ1) is 12.7. The average Bonchev–Trinajstić information content (AvgIpc) is 3.15. The Balaban J connectivity index is 1.74. The number of aryl methyl sites for hydroxylation is 1. The molecule has 0 amide bonds. The molecule has 0 bridgehead atoms. The molecule has 0 aliphatic rings. The summed E-state index contributed by atoms with van der Waals surface area (Å²) in [4.78, 5) is 5.65. The highest BCUT2D eigenvalue weighted by molar-refractivity contribution is 7.11. The number of thiazole rings is 1. The van der Waals surface area contributed by atoms with Gasteiger partial charge in [0.2, 0.25) is 5.95 Å². The molecule has 0 aliphatic carbocycles. The maximum absolute atomic E-state index is 4.37. The minimum absolute atomic E-state index is 0.615. The lowest BCUT2D eigenvalue weighted by atomic mass is 10.3. The lowest BCUT2D eigenvalue weighted by Gasteiger charge is -2.05. The van der Waals surface area contributed by atoms with E-state index in [4.69, 9.17) is 0 Å². The zero-order valence-electron chi connectivity index (χ0n) is 11.0. The molecular weight excluding hydrogens is 272 g/mol. The minimum Gasteiger partial charge on any atom is -0.346 e. The van der Waals surface area contributed by atoms with Crippen molar-refractivity contribution in [2.75, 3.05) is 5.32 Å². The van der Waals surface area contributed by atoms with Gasteiger partial charge >= 0.3 is 0 Å². The Bertz CT molecular complexity index is 675. The molecule has 3 rings (SSSR count). The maximum atomic E-state index is 4.37. The Hall–Kier alpha value is -2.28. The van der Waals surface area contributed by atoms with Crippen molar-refractivity contribution in [3.05, 3.63) is 46.4 Å². The summed E-state index contributed by atoms with van der Waals surface area (Å²) in [5.41, 5.74) is 0.924. The number of anilines is 1. The summed E-state index contributed by atoms with van der Waals surface area (Å²) < 4.78 is 1.67. The molecule has 0 saturated heterocycles. The van der Waals surface area contributed by atoms with E-state index in [-0.39, 0.29) is 0 Å². The van der Waals surface area contributed by atoms with Crippen molar-refractivity contribution in [3.8, 4) is 5.69 Å². The van der Waals surface area contributed by atoms with Crippen molar-refractivity contribution >= 4 is 17.3 Å². The molecule has 3 aromatic rings. The molecule has 2 aromatic heterocycles. The molecule has 102 valence electrons. The van der Waals surface area contributed by atoms with Gasteiger partial charge in [0.25, 0.3) is 0 Å². The summed E-state index contributed by atoms with van der Waals surface area (Å²) in [5.74, 6) is 0.615. The van der Waals surface area contributed by atoms with Crippen LogP contribution < -0.4 is 5.32 Å². The average molecular weight is 286 g/mol. The third kappa shape index (κ3) is 2.67. The predicted octanol–water partition coefficient (Wildman–Crippen LogP) is 2.29. The second-order valence-electron chi connectivity index (χ2n) is 4.18. The van der Waals surface area contributed by atoms with Gasteiger partial charge in [0, 0.05) is 11.1 Å². The first-order chi connectivity index (χ1) is 9.86. The van der Waals surface area contributed by atoms with Crippen molar-refractivity contribution in [1.82, 2.24) is 25.2 Å². The van der Waals surface area contributed by atoms with E-state index in [0.717, 1.165) is 17.1 Å². The molecular formula is C13H14N6S. The summed E-state index contributed by atoms with van der Waals surface area (Å²) in [5, 5.41) is 16.0. The highest BCUT2D eigenvalue weighted by atomic mass is 32.1. The molecule has 20 heavy (non-hydrogen) atoms. The van der Waals surface area contributed by atoms with E-state index in [2.05, 4.69) is 32.7 Å². The third-order valence-corrected chi connectivity index (χ3v) is 3.96. The van der Waals surface area contributed by atoms with E-state index >= 15 is 0 Å². The first-order valence-electron chi connectivity index (χ1n) is 6.38. The van der Waals surface area contributed by atoms with Crippen molar-refractivity contribution in [3.63, 3.8) is 0 Å². The fourth-order valence-electron chi connectivity index (χ4n) is 1.79. The van der Waals surface area contributed by atoms with Gasteiger partial charge in [-0.15, -0.1) is 11.3 Å². The van der Waals surface area contributed by atoms with Crippen LogP contribution in [0.4, 0.5) is 5.95 Å². The Morgan fingerprint density at radius 1 is 1.25 bits per heavy atom. The van der Waals surface area contributed by atoms with Crippen LogP contribution in [0.1, 0.15) is 16.8 Å². The van der Waals surface area contributed by atoms with Crippen molar-refractivity contribution < 1.29 is 0 Å². The standard InChI is InChI=1S/C13H14N6S/c1-2-11-8-14-12(20-11)9-15-13-16-17-18-19(13)10-6-4-3-5-7-10/h3-8H,2,9H2,1H3,(H,15,16,18). The van der Waals surface area contributed by atoms with Gasteiger partial charge in [-0.2, -0.15) is 4.68 Å². The van der Waals surface area contributed by atoms with Crippen LogP contribution in [0.25, 0.3) is 5.69 Å². The van der Waals surface area contributed by atoms with Gasteiger partial charge in [0.15, 0.2) is 0 Å². The van der Waals surface area contributed by atoms with Crippen LogP contribution in [0.5, 0.6) is 0 Å². The van der Waals surface area contributed by atoms with Crippen LogP contribution in [0.3, 0.4) is 0 Å². The lowest BCUT2D eigenvalue weighted by molar-refractivity contribution is 0.789.